The Labute approximate surface area is 122 Å². The Bertz CT molecular complexity index is 519. The number of nitrogens with two attached hydrogens (primary N) is 1. The molecule has 0 unspecified atom stereocenters. The zero-order valence-electron chi connectivity index (χ0n) is 12.1. The normalized spacial score (nSPS) is 17.6. The molecule has 1 saturated carbocycles. The zero-order chi connectivity index (χ0) is 14.6. The van der Waals surface area contributed by atoms with E-state index in [2.05, 4.69) is 0 Å². The molecule has 0 atom stereocenters. The van der Waals surface area contributed by atoms with Crippen LogP contribution < -0.4 is 5.73 Å². The van der Waals surface area contributed by atoms with Gasteiger partial charge in [-0.1, -0.05) is 31.4 Å². The Hall–Kier alpha value is -0.910. The summed E-state index contributed by atoms with van der Waals surface area (Å²) in [6, 6.07) is 7.40. The van der Waals surface area contributed by atoms with E-state index >= 15 is 0 Å². The van der Waals surface area contributed by atoms with Crippen LogP contribution in [-0.2, 0) is 10.0 Å². The van der Waals surface area contributed by atoms with E-state index < -0.39 is 10.0 Å². The smallest absolute Gasteiger partial charge is 0.242 e. The lowest BCUT2D eigenvalue weighted by Crippen LogP contribution is -2.31. The highest BCUT2D eigenvalue weighted by molar-refractivity contribution is 7.89. The first-order valence-electron chi connectivity index (χ1n) is 7.32. The maximum atomic E-state index is 12.3. The molecule has 0 amide bonds. The molecule has 0 heterocycles. The SMILES string of the molecule is CN(CCN)S(=O)(=O)c1ccc(C2CCCCC2)cc1. The molecule has 0 saturated heterocycles. The molecular formula is C15H24N2O2S. The lowest BCUT2D eigenvalue weighted by Gasteiger charge is -2.22. The zero-order valence-corrected chi connectivity index (χ0v) is 12.9. The summed E-state index contributed by atoms with van der Waals surface area (Å²) in [5.74, 6) is 0.599. The van der Waals surface area contributed by atoms with Crippen molar-refractivity contribution in [1.29, 1.82) is 0 Å². The lowest BCUT2D eigenvalue weighted by molar-refractivity contribution is 0.443. The molecule has 4 nitrogen and oxygen atoms in total. The first kappa shape index (κ1) is 15.5. The summed E-state index contributed by atoms with van der Waals surface area (Å²) in [6.45, 7) is 0.669. The molecular weight excluding hydrogens is 272 g/mol. The second kappa shape index (κ2) is 6.70. The van der Waals surface area contributed by atoms with Crippen LogP contribution >= 0.6 is 0 Å². The number of hydrogen-bond donors (Lipinski definition) is 1. The minimum absolute atomic E-state index is 0.329. The number of rotatable bonds is 5. The third kappa shape index (κ3) is 3.40. The third-order valence-corrected chi connectivity index (χ3v) is 5.98. The first-order valence-corrected chi connectivity index (χ1v) is 8.76. The number of hydrogen-bond acceptors (Lipinski definition) is 3. The first-order chi connectivity index (χ1) is 9.55. The quantitative estimate of drug-likeness (QED) is 0.907. The van der Waals surface area contributed by atoms with Crippen molar-refractivity contribution in [3.05, 3.63) is 29.8 Å². The van der Waals surface area contributed by atoms with Gasteiger partial charge in [-0.3, -0.25) is 0 Å². The van der Waals surface area contributed by atoms with Crippen LogP contribution in [-0.4, -0.2) is 32.9 Å². The van der Waals surface area contributed by atoms with Gasteiger partial charge in [-0.2, -0.15) is 4.31 Å². The molecule has 1 aromatic rings. The maximum absolute atomic E-state index is 12.3. The standard InChI is InChI=1S/C15H24N2O2S/c1-17(12-11-16)20(18,19)15-9-7-14(8-10-15)13-5-3-2-4-6-13/h7-10,13H,2-6,11-12,16H2,1H3. The average molecular weight is 296 g/mol. The van der Waals surface area contributed by atoms with Gasteiger partial charge in [0.1, 0.15) is 0 Å². The molecule has 0 spiro atoms. The Balaban J connectivity index is 2.15. The predicted molar refractivity (Wildman–Crippen MR) is 81.1 cm³/mol. The summed E-state index contributed by atoms with van der Waals surface area (Å²) < 4.78 is 25.9. The minimum Gasteiger partial charge on any atom is -0.329 e. The molecule has 20 heavy (non-hydrogen) atoms. The van der Waals surface area contributed by atoms with Gasteiger partial charge in [0.2, 0.25) is 10.0 Å². The maximum Gasteiger partial charge on any atom is 0.242 e. The summed E-state index contributed by atoms with van der Waals surface area (Å²) >= 11 is 0. The van der Waals surface area contributed by atoms with Crippen LogP contribution in [0.2, 0.25) is 0 Å². The Morgan fingerprint density at radius 2 is 1.75 bits per heavy atom. The van der Waals surface area contributed by atoms with Crippen molar-refractivity contribution in [3.63, 3.8) is 0 Å². The molecule has 5 heteroatoms. The molecule has 1 aliphatic rings. The van der Waals surface area contributed by atoms with Gasteiger partial charge in [0.25, 0.3) is 0 Å². The molecule has 0 aliphatic heterocycles. The molecule has 2 rings (SSSR count). The summed E-state index contributed by atoms with van der Waals surface area (Å²) in [4.78, 5) is 0.355. The highest BCUT2D eigenvalue weighted by Crippen LogP contribution is 2.33. The van der Waals surface area contributed by atoms with Crippen LogP contribution in [0.3, 0.4) is 0 Å². The van der Waals surface area contributed by atoms with Crippen LogP contribution in [0.25, 0.3) is 0 Å². The highest BCUT2D eigenvalue weighted by atomic mass is 32.2. The van der Waals surface area contributed by atoms with Crippen molar-refractivity contribution in [3.8, 4) is 0 Å². The molecule has 1 aromatic carbocycles. The molecule has 1 fully saturated rings. The summed E-state index contributed by atoms with van der Waals surface area (Å²) in [5.41, 5.74) is 6.69. The Morgan fingerprint density at radius 3 is 2.30 bits per heavy atom. The van der Waals surface area contributed by atoms with Crippen LogP contribution in [0, 0.1) is 0 Å². The van der Waals surface area contributed by atoms with Crippen molar-refractivity contribution in [2.75, 3.05) is 20.1 Å². The average Bonchev–Trinajstić information content (AvgIpc) is 2.48. The van der Waals surface area contributed by atoms with Gasteiger partial charge in [0, 0.05) is 20.1 Å². The van der Waals surface area contributed by atoms with Gasteiger partial charge in [-0.15, -0.1) is 0 Å². The van der Waals surface area contributed by atoms with Crippen LogP contribution in [0.4, 0.5) is 0 Å². The van der Waals surface area contributed by atoms with E-state index in [4.69, 9.17) is 5.73 Å². The lowest BCUT2D eigenvalue weighted by atomic mass is 9.84. The molecule has 2 N–H and O–H groups in total. The van der Waals surface area contributed by atoms with Gasteiger partial charge in [-0.05, 0) is 36.5 Å². The predicted octanol–water partition coefficient (Wildman–Crippen LogP) is 2.31. The van der Waals surface area contributed by atoms with Crippen molar-refractivity contribution in [2.45, 2.75) is 42.9 Å². The van der Waals surface area contributed by atoms with Gasteiger partial charge in [0.15, 0.2) is 0 Å². The van der Waals surface area contributed by atoms with Crippen molar-refractivity contribution in [2.24, 2.45) is 5.73 Å². The fourth-order valence-corrected chi connectivity index (χ4v) is 4.02. The summed E-state index contributed by atoms with van der Waals surface area (Å²) in [6.07, 6.45) is 6.33. The summed E-state index contributed by atoms with van der Waals surface area (Å²) in [7, 11) is -1.83. The molecule has 0 aromatic heterocycles. The van der Waals surface area contributed by atoms with E-state index in [9.17, 15) is 8.42 Å². The third-order valence-electron chi connectivity index (χ3n) is 4.11. The van der Waals surface area contributed by atoms with E-state index in [1.165, 1.54) is 42.0 Å². The molecule has 0 bridgehead atoms. The van der Waals surface area contributed by atoms with E-state index in [-0.39, 0.29) is 0 Å². The highest BCUT2D eigenvalue weighted by Gasteiger charge is 2.21. The minimum atomic E-state index is -3.40. The van der Waals surface area contributed by atoms with E-state index in [1.807, 2.05) is 12.1 Å². The largest absolute Gasteiger partial charge is 0.329 e. The van der Waals surface area contributed by atoms with E-state index in [1.54, 1.807) is 19.2 Å². The van der Waals surface area contributed by atoms with Crippen molar-refractivity contribution < 1.29 is 8.42 Å². The number of likely N-dealkylation sites (N-methyl/N-ethyl adjacent to an activating group) is 1. The topological polar surface area (TPSA) is 63.4 Å². The Kier molecular flexibility index (Phi) is 5.18. The van der Waals surface area contributed by atoms with Gasteiger partial charge < -0.3 is 5.73 Å². The number of sulfonamides is 1. The molecule has 0 radical (unpaired) electrons. The van der Waals surface area contributed by atoms with Gasteiger partial charge >= 0.3 is 0 Å². The van der Waals surface area contributed by atoms with Crippen LogP contribution in [0.15, 0.2) is 29.2 Å². The molecule has 1 aliphatic carbocycles. The Morgan fingerprint density at radius 1 is 1.15 bits per heavy atom. The van der Waals surface area contributed by atoms with E-state index in [0.717, 1.165) is 0 Å². The van der Waals surface area contributed by atoms with E-state index in [0.29, 0.717) is 23.9 Å². The van der Waals surface area contributed by atoms with Crippen molar-refractivity contribution in [1.82, 2.24) is 4.31 Å². The fourth-order valence-electron chi connectivity index (χ4n) is 2.83. The van der Waals surface area contributed by atoms with Crippen LogP contribution in [0.5, 0.6) is 0 Å². The molecule has 112 valence electrons. The number of nitrogens with zero attached hydrogens (tertiary/aromatic N) is 1. The van der Waals surface area contributed by atoms with Crippen molar-refractivity contribution >= 4 is 10.0 Å². The van der Waals surface area contributed by atoms with Gasteiger partial charge in [-0.25, -0.2) is 8.42 Å². The number of benzene rings is 1. The van der Waals surface area contributed by atoms with Gasteiger partial charge in [0.05, 0.1) is 4.90 Å². The fraction of sp³-hybridized carbons (Fsp3) is 0.600. The van der Waals surface area contributed by atoms with Crippen LogP contribution in [0.1, 0.15) is 43.6 Å². The summed E-state index contributed by atoms with van der Waals surface area (Å²) in [5, 5.41) is 0. The monoisotopic (exact) mass is 296 g/mol. The second-order valence-electron chi connectivity index (χ2n) is 5.52. The second-order valence-corrected chi connectivity index (χ2v) is 7.56.